The van der Waals surface area contributed by atoms with Gasteiger partial charge >= 0.3 is 5.97 Å². The van der Waals surface area contributed by atoms with Crippen molar-refractivity contribution in [3.63, 3.8) is 0 Å². The highest BCUT2D eigenvalue weighted by Gasteiger charge is 2.24. The zero-order chi connectivity index (χ0) is 45.9. The van der Waals surface area contributed by atoms with Gasteiger partial charge in [0.05, 0.1) is 25.2 Å². The topological polar surface area (TPSA) is 95.9 Å². The molecule has 0 saturated carbocycles. The van der Waals surface area contributed by atoms with Gasteiger partial charge in [0.15, 0.2) is 0 Å². The zero-order valence-corrected chi connectivity index (χ0v) is 42.2. The monoisotopic (exact) mass is 886 g/mol. The van der Waals surface area contributed by atoms with Crippen molar-refractivity contribution < 1.29 is 24.5 Å². The Morgan fingerprint density at radius 2 is 0.857 bits per heavy atom. The molecular weight excluding hydrogens is 779 g/mol. The third kappa shape index (κ3) is 46.4. The maximum absolute atomic E-state index is 13.2. The second kappa shape index (κ2) is 51.1. The predicted octanol–water partition coefficient (Wildman–Crippen LogP) is 16.8. The van der Waals surface area contributed by atoms with E-state index in [1.165, 1.54) is 167 Å². The van der Waals surface area contributed by atoms with Gasteiger partial charge in [-0.05, 0) is 57.8 Å². The molecule has 0 heterocycles. The summed E-state index contributed by atoms with van der Waals surface area (Å²) in [4.78, 5) is 26.2. The number of esters is 1. The highest BCUT2D eigenvalue weighted by atomic mass is 16.5. The van der Waals surface area contributed by atoms with Crippen LogP contribution in [0, 0.1) is 0 Å². The van der Waals surface area contributed by atoms with E-state index in [4.69, 9.17) is 4.74 Å². The number of aliphatic hydroxyl groups is 2. The lowest BCUT2D eigenvalue weighted by molar-refractivity contribution is -0.151. The van der Waals surface area contributed by atoms with Crippen LogP contribution < -0.4 is 5.32 Å². The molecule has 6 nitrogen and oxygen atoms in total. The van der Waals surface area contributed by atoms with Gasteiger partial charge in [-0.1, -0.05) is 256 Å². The van der Waals surface area contributed by atoms with Gasteiger partial charge in [0, 0.05) is 6.42 Å². The van der Waals surface area contributed by atoms with Crippen molar-refractivity contribution in [3.8, 4) is 0 Å². The van der Waals surface area contributed by atoms with Crippen LogP contribution in [0.1, 0.15) is 290 Å². The molecule has 0 aliphatic heterocycles. The number of hydrogen-bond acceptors (Lipinski definition) is 5. The summed E-state index contributed by atoms with van der Waals surface area (Å²) >= 11 is 0. The summed E-state index contributed by atoms with van der Waals surface area (Å²) in [6, 6.07) is -0.703. The van der Waals surface area contributed by atoms with E-state index in [1.54, 1.807) is 0 Å². The molecule has 0 aromatic rings. The fourth-order valence-corrected chi connectivity index (χ4v) is 8.56. The van der Waals surface area contributed by atoms with E-state index in [1.807, 2.05) is 0 Å². The first-order valence-electron chi connectivity index (χ1n) is 27.7. The maximum Gasteiger partial charge on any atom is 0.306 e. The zero-order valence-electron chi connectivity index (χ0n) is 42.2. The van der Waals surface area contributed by atoms with E-state index in [2.05, 4.69) is 62.5 Å². The average molecular weight is 886 g/mol. The van der Waals surface area contributed by atoms with Crippen LogP contribution >= 0.6 is 0 Å². The van der Waals surface area contributed by atoms with Gasteiger partial charge in [-0.3, -0.25) is 9.59 Å². The molecule has 6 heteroatoms. The van der Waals surface area contributed by atoms with Gasteiger partial charge in [0.1, 0.15) is 6.10 Å². The van der Waals surface area contributed by atoms with Crippen LogP contribution in [0.2, 0.25) is 0 Å². The molecule has 0 radical (unpaired) electrons. The molecule has 1 amide bonds. The lowest BCUT2D eigenvalue weighted by Gasteiger charge is -2.24. The number of unbranched alkanes of at least 4 members (excludes halogenated alkanes) is 32. The number of amides is 1. The third-order valence-electron chi connectivity index (χ3n) is 12.7. The molecule has 3 N–H and O–H groups in total. The number of carbonyl (C=O) groups excluding carboxylic acids is 2. The lowest BCUT2D eigenvalue weighted by Crippen LogP contribution is -2.46. The normalized spacial score (nSPS) is 13.4. The van der Waals surface area contributed by atoms with Crippen molar-refractivity contribution in [1.29, 1.82) is 0 Å². The molecule has 63 heavy (non-hydrogen) atoms. The van der Waals surface area contributed by atoms with Crippen LogP contribution in [0.15, 0.2) is 36.5 Å². The summed E-state index contributed by atoms with van der Waals surface area (Å²) in [5.41, 5.74) is 0. The van der Waals surface area contributed by atoms with Gasteiger partial charge in [0.2, 0.25) is 5.91 Å². The number of carbonyl (C=O) groups is 2. The fraction of sp³-hybridized carbons (Fsp3) is 0.860. The van der Waals surface area contributed by atoms with Crippen LogP contribution in [0.3, 0.4) is 0 Å². The molecule has 0 bridgehead atoms. The highest BCUT2D eigenvalue weighted by molar-refractivity contribution is 5.77. The molecular formula is C57H107NO5. The molecule has 0 rings (SSSR count). The summed E-state index contributed by atoms with van der Waals surface area (Å²) in [7, 11) is 0. The highest BCUT2D eigenvalue weighted by Crippen LogP contribution is 2.19. The van der Waals surface area contributed by atoms with Crippen molar-refractivity contribution in [1.82, 2.24) is 5.32 Å². The van der Waals surface area contributed by atoms with Gasteiger partial charge in [-0.25, -0.2) is 0 Å². The molecule has 3 unspecified atom stereocenters. The van der Waals surface area contributed by atoms with E-state index in [-0.39, 0.29) is 24.9 Å². The van der Waals surface area contributed by atoms with Gasteiger partial charge in [-0.2, -0.15) is 0 Å². The van der Waals surface area contributed by atoms with E-state index in [0.717, 1.165) is 77.0 Å². The number of rotatable bonds is 50. The van der Waals surface area contributed by atoms with Gasteiger partial charge in [0.25, 0.3) is 0 Å². The Labute approximate surface area is 392 Å². The van der Waals surface area contributed by atoms with E-state index in [9.17, 15) is 19.8 Å². The smallest absolute Gasteiger partial charge is 0.306 e. The fourth-order valence-electron chi connectivity index (χ4n) is 8.56. The summed E-state index contributed by atoms with van der Waals surface area (Å²) in [6.45, 7) is 6.40. The second-order valence-corrected chi connectivity index (χ2v) is 19.0. The molecule has 0 spiro atoms. The minimum atomic E-state index is -0.789. The summed E-state index contributed by atoms with van der Waals surface area (Å²) < 4.78 is 5.94. The first-order valence-corrected chi connectivity index (χ1v) is 27.7. The second-order valence-electron chi connectivity index (χ2n) is 19.0. The quantitative estimate of drug-likeness (QED) is 0.0321. The summed E-state index contributed by atoms with van der Waals surface area (Å²) in [5.74, 6) is -0.485. The average Bonchev–Trinajstić information content (AvgIpc) is 3.28. The Hall–Kier alpha value is -1.92. The van der Waals surface area contributed by atoms with Crippen molar-refractivity contribution in [2.24, 2.45) is 0 Å². The van der Waals surface area contributed by atoms with Crippen molar-refractivity contribution in [2.75, 3.05) is 6.61 Å². The minimum Gasteiger partial charge on any atom is -0.462 e. The molecule has 0 fully saturated rings. The van der Waals surface area contributed by atoms with Crippen LogP contribution in [-0.4, -0.2) is 46.9 Å². The molecule has 370 valence electrons. The molecule has 0 saturated heterocycles. The Morgan fingerprint density at radius 3 is 1.30 bits per heavy atom. The SMILES string of the molecule is CC/C=C/C/C=C/C/C=C/CCCCCCC(=O)OC(CCCCCCCCCCCCCCCC)CC(=O)NC(CO)C(O)CCCCCCCCCCCCCCCCCC. The minimum absolute atomic E-state index is 0.0728. The van der Waals surface area contributed by atoms with Crippen molar-refractivity contribution >= 4 is 11.9 Å². The number of ether oxygens (including phenoxy) is 1. The van der Waals surface area contributed by atoms with Crippen molar-refractivity contribution in [2.45, 2.75) is 309 Å². The number of allylic oxidation sites excluding steroid dienone is 6. The molecule has 0 aromatic carbocycles. The first-order chi connectivity index (χ1) is 31.0. The largest absolute Gasteiger partial charge is 0.462 e. The predicted molar refractivity (Wildman–Crippen MR) is 273 cm³/mol. The molecule has 3 atom stereocenters. The van der Waals surface area contributed by atoms with Crippen LogP contribution in [0.25, 0.3) is 0 Å². The Bertz CT molecular complexity index is 1040. The van der Waals surface area contributed by atoms with Crippen molar-refractivity contribution in [3.05, 3.63) is 36.5 Å². The third-order valence-corrected chi connectivity index (χ3v) is 12.7. The van der Waals surface area contributed by atoms with E-state index >= 15 is 0 Å². The number of hydrogen-bond donors (Lipinski definition) is 3. The summed E-state index contributed by atoms with van der Waals surface area (Å²) in [6.07, 6.45) is 60.6. The maximum atomic E-state index is 13.2. The Kier molecular flexibility index (Phi) is 49.5. The van der Waals surface area contributed by atoms with Gasteiger partial charge in [-0.15, -0.1) is 0 Å². The first kappa shape index (κ1) is 61.1. The van der Waals surface area contributed by atoms with E-state index < -0.39 is 18.2 Å². The lowest BCUT2D eigenvalue weighted by atomic mass is 10.0. The number of aliphatic hydroxyl groups excluding tert-OH is 2. The van der Waals surface area contributed by atoms with Crippen LogP contribution in [0.4, 0.5) is 0 Å². The van der Waals surface area contributed by atoms with Crippen LogP contribution in [-0.2, 0) is 14.3 Å². The Balaban J connectivity index is 4.54. The molecule has 0 aliphatic carbocycles. The molecule has 0 aliphatic rings. The summed E-state index contributed by atoms with van der Waals surface area (Å²) in [5, 5.41) is 23.9. The Morgan fingerprint density at radius 1 is 0.476 bits per heavy atom. The van der Waals surface area contributed by atoms with Gasteiger partial charge < -0.3 is 20.3 Å². The van der Waals surface area contributed by atoms with E-state index in [0.29, 0.717) is 19.3 Å². The molecule has 0 aromatic heterocycles. The van der Waals surface area contributed by atoms with Crippen LogP contribution in [0.5, 0.6) is 0 Å². The standard InChI is InChI=1S/C57H107NO5/c1-4-7-10-13-16-19-22-25-28-29-31-34-37-40-43-46-49-55(60)54(52-59)58-56(61)51-53(48-45-42-39-36-33-30-26-23-20-17-14-11-8-5-2)63-57(62)50-47-44-41-38-35-32-27-24-21-18-15-12-9-6-3/h9,12,18,21,27,32,53-55,59-60H,4-8,10-11,13-17,19-20,22-26,28-31,33-52H2,1-3H3,(H,58,61)/b12-9+,21-18+,32-27+. The number of nitrogens with one attached hydrogen (secondary N) is 1.